The summed E-state index contributed by atoms with van der Waals surface area (Å²) in [4.78, 5) is 0. The fourth-order valence-corrected chi connectivity index (χ4v) is 2.41. The number of nitrogens with one attached hydrogen (secondary N) is 1. The van der Waals surface area contributed by atoms with Crippen LogP contribution in [0.15, 0.2) is 30.3 Å². The first-order valence-electron chi connectivity index (χ1n) is 7.65. The van der Waals surface area contributed by atoms with Crippen LogP contribution in [0.5, 0.6) is 5.75 Å². The topological polar surface area (TPSA) is 45.0 Å². The third-order valence-electron chi connectivity index (χ3n) is 3.81. The van der Waals surface area contributed by atoms with E-state index >= 15 is 0 Å². The number of hydrogen-bond acceptors (Lipinski definition) is 3. The summed E-state index contributed by atoms with van der Waals surface area (Å²) in [5.41, 5.74) is 2.44. The molecule has 3 nitrogen and oxygen atoms in total. The van der Waals surface area contributed by atoms with Crippen LogP contribution in [0, 0.1) is 16.7 Å². The molecule has 21 heavy (non-hydrogen) atoms. The molecule has 1 aromatic carbocycles. The van der Waals surface area contributed by atoms with Crippen molar-refractivity contribution in [1.82, 2.24) is 5.32 Å². The molecule has 1 heterocycles. The van der Waals surface area contributed by atoms with Crippen molar-refractivity contribution < 1.29 is 4.74 Å². The minimum atomic E-state index is -0.255. The van der Waals surface area contributed by atoms with Gasteiger partial charge in [0, 0.05) is 6.54 Å². The molecule has 2 rings (SSSR count). The van der Waals surface area contributed by atoms with Gasteiger partial charge in [0.05, 0.1) is 18.1 Å². The summed E-state index contributed by atoms with van der Waals surface area (Å²) in [7, 11) is 0. The lowest BCUT2D eigenvalue weighted by molar-refractivity contribution is 0.284. The second kappa shape index (κ2) is 7.28. The number of ether oxygens (including phenoxy) is 1. The van der Waals surface area contributed by atoms with Gasteiger partial charge in [-0.3, -0.25) is 0 Å². The molecule has 0 saturated heterocycles. The third-order valence-corrected chi connectivity index (χ3v) is 3.81. The normalized spacial score (nSPS) is 15.2. The summed E-state index contributed by atoms with van der Waals surface area (Å²) >= 11 is 0. The molecule has 0 aliphatic carbocycles. The van der Waals surface area contributed by atoms with Gasteiger partial charge < -0.3 is 10.1 Å². The lowest BCUT2D eigenvalue weighted by Crippen LogP contribution is -2.19. The van der Waals surface area contributed by atoms with Crippen LogP contribution in [0.25, 0.3) is 5.57 Å². The molecule has 0 saturated carbocycles. The van der Waals surface area contributed by atoms with Crippen LogP contribution in [0.4, 0.5) is 0 Å². The third kappa shape index (κ3) is 4.91. The number of nitrogens with zero attached hydrogens (tertiary/aromatic N) is 1. The molecule has 1 aliphatic rings. The van der Waals surface area contributed by atoms with Crippen molar-refractivity contribution in [3.63, 3.8) is 0 Å². The van der Waals surface area contributed by atoms with Crippen molar-refractivity contribution in [2.75, 3.05) is 19.7 Å². The summed E-state index contributed by atoms with van der Waals surface area (Å²) in [6.07, 6.45) is 5.10. The molecule has 112 valence electrons. The molecule has 0 unspecified atom stereocenters. The molecule has 3 heteroatoms. The first-order chi connectivity index (χ1) is 10.1. The first kappa shape index (κ1) is 15.6. The summed E-state index contributed by atoms with van der Waals surface area (Å²) in [5.74, 6) is 0.906. The van der Waals surface area contributed by atoms with Crippen LogP contribution in [0.3, 0.4) is 0 Å². The summed E-state index contributed by atoms with van der Waals surface area (Å²) in [5, 5.41) is 12.3. The van der Waals surface area contributed by atoms with E-state index in [0.717, 1.165) is 38.1 Å². The molecular formula is C18H24N2O. The monoisotopic (exact) mass is 284 g/mol. The van der Waals surface area contributed by atoms with Crippen molar-refractivity contribution in [2.24, 2.45) is 5.41 Å². The van der Waals surface area contributed by atoms with Crippen LogP contribution >= 0.6 is 0 Å². The minimum Gasteiger partial charge on any atom is -0.494 e. The smallest absolute Gasteiger partial charge is 0.119 e. The van der Waals surface area contributed by atoms with Gasteiger partial charge in [0.25, 0.3) is 0 Å². The molecular weight excluding hydrogens is 260 g/mol. The second-order valence-corrected chi connectivity index (χ2v) is 6.16. The predicted octanol–water partition coefficient (Wildman–Crippen LogP) is 3.77. The molecule has 1 aliphatic heterocycles. The predicted molar refractivity (Wildman–Crippen MR) is 86.0 cm³/mol. The highest BCUT2D eigenvalue weighted by Crippen LogP contribution is 2.23. The summed E-state index contributed by atoms with van der Waals surface area (Å²) in [6.45, 7) is 6.61. The average Bonchev–Trinajstić information content (AvgIpc) is 2.53. The Morgan fingerprint density at radius 1 is 1.29 bits per heavy atom. The first-order valence-corrected chi connectivity index (χ1v) is 7.65. The van der Waals surface area contributed by atoms with Gasteiger partial charge in [0.1, 0.15) is 5.75 Å². The van der Waals surface area contributed by atoms with E-state index in [0.29, 0.717) is 6.61 Å². The maximum absolute atomic E-state index is 8.96. The molecule has 0 bridgehead atoms. The van der Waals surface area contributed by atoms with Gasteiger partial charge in [-0.15, -0.1) is 0 Å². The van der Waals surface area contributed by atoms with E-state index in [4.69, 9.17) is 10.00 Å². The van der Waals surface area contributed by atoms with E-state index in [9.17, 15) is 0 Å². The zero-order chi connectivity index (χ0) is 15.1. The Labute approximate surface area is 127 Å². The lowest BCUT2D eigenvalue weighted by atomic mass is 9.90. The number of hydrogen-bond donors (Lipinski definition) is 1. The Bertz CT molecular complexity index is 523. The average molecular weight is 284 g/mol. The molecule has 0 atom stereocenters. The van der Waals surface area contributed by atoms with Crippen molar-refractivity contribution in [3.8, 4) is 11.8 Å². The molecule has 0 spiro atoms. The highest BCUT2D eigenvalue weighted by molar-refractivity contribution is 5.67. The number of benzene rings is 1. The standard InChI is InChI=1S/C18H24N2O/c1-18(2,14-19)10-3-13-21-17-6-4-15(5-7-17)16-8-11-20-12-9-16/h4-8,20H,3,9-13H2,1-2H3. The van der Waals surface area contributed by atoms with Gasteiger partial charge >= 0.3 is 0 Å². The van der Waals surface area contributed by atoms with Crippen LogP contribution in [-0.4, -0.2) is 19.7 Å². The zero-order valence-electron chi connectivity index (χ0n) is 13.0. The van der Waals surface area contributed by atoms with Gasteiger partial charge in [0.15, 0.2) is 0 Å². The highest BCUT2D eigenvalue weighted by Gasteiger charge is 2.15. The van der Waals surface area contributed by atoms with E-state index in [1.807, 2.05) is 26.0 Å². The molecule has 0 radical (unpaired) electrons. The molecule has 1 N–H and O–H groups in total. The number of rotatable bonds is 6. The summed E-state index contributed by atoms with van der Waals surface area (Å²) in [6, 6.07) is 10.6. The van der Waals surface area contributed by atoms with E-state index in [-0.39, 0.29) is 5.41 Å². The van der Waals surface area contributed by atoms with Crippen molar-refractivity contribution in [3.05, 3.63) is 35.9 Å². The van der Waals surface area contributed by atoms with Crippen LogP contribution in [0.1, 0.15) is 38.7 Å². The Hall–Kier alpha value is -1.79. The van der Waals surface area contributed by atoms with Crippen molar-refractivity contribution in [2.45, 2.75) is 33.1 Å². The van der Waals surface area contributed by atoms with E-state index in [1.165, 1.54) is 11.1 Å². The van der Waals surface area contributed by atoms with Gasteiger partial charge in [-0.05, 0) is 62.9 Å². The van der Waals surface area contributed by atoms with E-state index in [2.05, 4.69) is 29.6 Å². The Balaban J connectivity index is 1.80. The SMILES string of the molecule is CC(C)(C#N)CCCOc1ccc(C2=CCNCC2)cc1. The van der Waals surface area contributed by atoms with Crippen LogP contribution < -0.4 is 10.1 Å². The van der Waals surface area contributed by atoms with Crippen molar-refractivity contribution in [1.29, 1.82) is 5.26 Å². The molecule has 1 aromatic rings. The highest BCUT2D eigenvalue weighted by atomic mass is 16.5. The number of nitriles is 1. The van der Waals surface area contributed by atoms with E-state index < -0.39 is 0 Å². The Kier molecular flexibility index (Phi) is 5.41. The maximum atomic E-state index is 8.96. The summed E-state index contributed by atoms with van der Waals surface area (Å²) < 4.78 is 5.75. The van der Waals surface area contributed by atoms with Gasteiger partial charge in [-0.1, -0.05) is 18.2 Å². The van der Waals surface area contributed by atoms with Crippen LogP contribution in [-0.2, 0) is 0 Å². The zero-order valence-corrected chi connectivity index (χ0v) is 13.0. The van der Waals surface area contributed by atoms with Gasteiger partial charge in [0.2, 0.25) is 0 Å². The Morgan fingerprint density at radius 2 is 2.05 bits per heavy atom. The van der Waals surface area contributed by atoms with E-state index in [1.54, 1.807) is 0 Å². The van der Waals surface area contributed by atoms with Gasteiger partial charge in [-0.25, -0.2) is 0 Å². The second-order valence-electron chi connectivity index (χ2n) is 6.16. The van der Waals surface area contributed by atoms with Gasteiger partial charge in [-0.2, -0.15) is 5.26 Å². The molecule has 0 amide bonds. The lowest BCUT2D eigenvalue weighted by Gasteiger charge is -2.16. The van der Waals surface area contributed by atoms with Crippen molar-refractivity contribution >= 4 is 5.57 Å². The fourth-order valence-electron chi connectivity index (χ4n) is 2.41. The Morgan fingerprint density at radius 3 is 2.67 bits per heavy atom. The maximum Gasteiger partial charge on any atom is 0.119 e. The minimum absolute atomic E-state index is 0.255. The fraction of sp³-hybridized carbons (Fsp3) is 0.500. The molecule has 0 fully saturated rings. The van der Waals surface area contributed by atoms with Crippen LogP contribution in [0.2, 0.25) is 0 Å². The molecule has 0 aromatic heterocycles. The quantitative estimate of drug-likeness (QED) is 0.809. The largest absolute Gasteiger partial charge is 0.494 e.